The summed E-state index contributed by atoms with van der Waals surface area (Å²) < 4.78 is 5.45. The minimum absolute atomic E-state index is 0.0264. The van der Waals surface area contributed by atoms with Gasteiger partial charge in [-0.05, 0) is 50.8 Å². The van der Waals surface area contributed by atoms with Crippen LogP contribution in [0, 0.1) is 5.92 Å². The minimum Gasteiger partial charge on any atom is -0.494 e. The zero-order chi connectivity index (χ0) is 20.8. The van der Waals surface area contributed by atoms with Crippen molar-refractivity contribution in [2.75, 3.05) is 38.7 Å². The number of ether oxygens (including phenoxy) is 1. The van der Waals surface area contributed by atoms with Crippen LogP contribution in [0.25, 0.3) is 0 Å². The first-order chi connectivity index (χ1) is 14.0. The molecule has 1 aliphatic rings. The van der Waals surface area contributed by atoms with Crippen LogP contribution in [0.15, 0.2) is 54.6 Å². The van der Waals surface area contributed by atoms with Crippen molar-refractivity contribution in [2.24, 2.45) is 5.92 Å². The number of hydrogen-bond acceptors (Lipinski definition) is 4. The van der Waals surface area contributed by atoms with Gasteiger partial charge in [-0.2, -0.15) is 0 Å². The van der Waals surface area contributed by atoms with Crippen molar-refractivity contribution in [3.05, 3.63) is 60.2 Å². The van der Waals surface area contributed by atoms with E-state index in [0.717, 1.165) is 17.0 Å². The van der Waals surface area contributed by atoms with Crippen molar-refractivity contribution in [3.63, 3.8) is 0 Å². The van der Waals surface area contributed by atoms with Gasteiger partial charge in [-0.15, -0.1) is 0 Å². The van der Waals surface area contributed by atoms with Crippen LogP contribution in [-0.2, 0) is 9.59 Å². The molecule has 1 aliphatic heterocycles. The van der Waals surface area contributed by atoms with Crippen molar-refractivity contribution < 1.29 is 14.3 Å². The monoisotopic (exact) mass is 395 g/mol. The third kappa shape index (κ3) is 5.15. The predicted octanol–water partition coefficient (Wildman–Crippen LogP) is 2.86. The van der Waals surface area contributed by atoms with Gasteiger partial charge in [0.05, 0.1) is 18.6 Å². The molecule has 0 radical (unpaired) electrons. The van der Waals surface area contributed by atoms with Gasteiger partial charge in [-0.1, -0.05) is 30.3 Å². The maximum absolute atomic E-state index is 12.7. The first-order valence-electron chi connectivity index (χ1n) is 10.0. The van der Waals surface area contributed by atoms with E-state index >= 15 is 0 Å². The molecule has 2 amide bonds. The molecule has 29 heavy (non-hydrogen) atoms. The van der Waals surface area contributed by atoms with Crippen molar-refractivity contribution >= 4 is 17.5 Å². The minimum atomic E-state index is -0.340. The van der Waals surface area contributed by atoms with Gasteiger partial charge in [-0.3, -0.25) is 9.59 Å². The smallest absolute Gasteiger partial charge is 0.227 e. The lowest BCUT2D eigenvalue weighted by Gasteiger charge is -2.25. The lowest BCUT2D eigenvalue weighted by molar-refractivity contribution is -0.126. The average Bonchev–Trinajstić information content (AvgIpc) is 3.11. The molecule has 3 rings (SSSR count). The summed E-state index contributed by atoms with van der Waals surface area (Å²) in [6.07, 6.45) is 0.233. The Kier molecular flexibility index (Phi) is 6.88. The molecule has 2 aromatic carbocycles. The van der Waals surface area contributed by atoms with E-state index in [1.165, 1.54) is 0 Å². The van der Waals surface area contributed by atoms with E-state index in [9.17, 15) is 9.59 Å². The molecule has 6 nitrogen and oxygen atoms in total. The topological polar surface area (TPSA) is 61.9 Å². The van der Waals surface area contributed by atoms with Crippen LogP contribution in [-0.4, -0.2) is 50.5 Å². The summed E-state index contributed by atoms with van der Waals surface area (Å²) in [5.74, 6) is 0.330. The predicted molar refractivity (Wildman–Crippen MR) is 114 cm³/mol. The number of amides is 2. The SMILES string of the molecule is CCOc1ccc(N2CC(C(=O)NCC(c3ccccc3)N(C)C)CC2=O)cc1. The Balaban J connectivity index is 1.59. The maximum atomic E-state index is 12.7. The second kappa shape index (κ2) is 9.56. The number of nitrogens with zero attached hydrogens (tertiary/aromatic N) is 2. The highest BCUT2D eigenvalue weighted by Crippen LogP contribution is 2.27. The lowest BCUT2D eigenvalue weighted by atomic mass is 10.0. The fraction of sp³-hybridized carbons (Fsp3) is 0.391. The van der Waals surface area contributed by atoms with Gasteiger partial charge in [0, 0.05) is 25.2 Å². The quantitative estimate of drug-likeness (QED) is 0.747. The Morgan fingerprint density at radius 2 is 1.86 bits per heavy atom. The molecular formula is C23H29N3O3. The summed E-state index contributed by atoms with van der Waals surface area (Å²) in [6, 6.07) is 17.6. The first-order valence-corrected chi connectivity index (χ1v) is 10.0. The van der Waals surface area contributed by atoms with Crippen LogP contribution in [0.4, 0.5) is 5.69 Å². The molecule has 0 aliphatic carbocycles. The molecule has 0 spiro atoms. The molecule has 1 heterocycles. The molecular weight excluding hydrogens is 366 g/mol. The number of hydrogen-bond donors (Lipinski definition) is 1. The molecule has 6 heteroatoms. The number of benzene rings is 2. The van der Waals surface area contributed by atoms with Crippen LogP contribution < -0.4 is 15.0 Å². The van der Waals surface area contributed by atoms with Crippen molar-refractivity contribution in [3.8, 4) is 5.75 Å². The molecule has 154 valence electrons. The van der Waals surface area contributed by atoms with Crippen LogP contribution in [0.3, 0.4) is 0 Å². The van der Waals surface area contributed by atoms with Gasteiger partial charge >= 0.3 is 0 Å². The first kappa shape index (κ1) is 20.9. The summed E-state index contributed by atoms with van der Waals surface area (Å²) in [7, 11) is 3.99. The van der Waals surface area contributed by atoms with Crippen LogP contribution in [0.5, 0.6) is 5.75 Å². The Labute approximate surface area is 172 Å². The lowest BCUT2D eigenvalue weighted by Crippen LogP contribution is -2.38. The third-order valence-electron chi connectivity index (χ3n) is 5.23. The van der Waals surface area contributed by atoms with E-state index in [2.05, 4.69) is 22.3 Å². The van der Waals surface area contributed by atoms with Crippen LogP contribution in [0.2, 0.25) is 0 Å². The van der Waals surface area contributed by atoms with E-state index in [4.69, 9.17) is 4.74 Å². The largest absolute Gasteiger partial charge is 0.494 e. The molecule has 0 aromatic heterocycles. The fourth-order valence-electron chi connectivity index (χ4n) is 3.64. The van der Waals surface area contributed by atoms with E-state index in [1.807, 2.05) is 63.5 Å². The van der Waals surface area contributed by atoms with Crippen LogP contribution in [0.1, 0.15) is 24.9 Å². The van der Waals surface area contributed by atoms with Crippen molar-refractivity contribution in [1.29, 1.82) is 0 Å². The Morgan fingerprint density at radius 3 is 2.48 bits per heavy atom. The number of nitrogens with one attached hydrogen (secondary N) is 1. The highest BCUT2D eigenvalue weighted by molar-refractivity contribution is 6.00. The summed E-state index contributed by atoms with van der Waals surface area (Å²) in [6.45, 7) is 3.43. The zero-order valence-electron chi connectivity index (χ0n) is 17.3. The number of rotatable bonds is 8. The molecule has 2 unspecified atom stereocenters. The molecule has 0 saturated carbocycles. The molecule has 1 saturated heterocycles. The standard InChI is InChI=1S/C23H29N3O3/c1-4-29-20-12-10-19(11-13-20)26-16-18(14-22(26)27)23(28)24-15-21(25(2)3)17-8-6-5-7-9-17/h5-13,18,21H,4,14-16H2,1-3H3,(H,24,28). The van der Waals surface area contributed by atoms with Crippen LogP contribution >= 0.6 is 0 Å². The fourth-order valence-corrected chi connectivity index (χ4v) is 3.64. The zero-order valence-corrected chi connectivity index (χ0v) is 17.3. The second-order valence-corrected chi connectivity index (χ2v) is 7.47. The Hall–Kier alpha value is -2.86. The third-order valence-corrected chi connectivity index (χ3v) is 5.23. The summed E-state index contributed by atoms with van der Waals surface area (Å²) in [5.41, 5.74) is 1.94. The normalized spacial score (nSPS) is 17.4. The molecule has 2 atom stereocenters. The van der Waals surface area contributed by atoms with Gasteiger partial charge in [0.15, 0.2) is 0 Å². The van der Waals surface area contributed by atoms with E-state index in [-0.39, 0.29) is 30.2 Å². The Morgan fingerprint density at radius 1 is 1.17 bits per heavy atom. The number of carbonyl (C=O) groups is 2. The molecule has 1 N–H and O–H groups in total. The Bertz CT molecular complexity index is 821. The average molecular weight is 396 g/mol. The van der Waals surface area contributed by atoms with Gasteiger partial charge in [0.25, 0.3) is 0 Å². The number of anilines is 1. The van der Waals surface area contributed by atoms with Gasteiger partial charge in [0.2, 0.25) is 11.8 Å². The second-order valence-electron chi connectivity index (χ2n) is 7.47. The van der Waals surface area contributed by atoms with E-state index in [1.54, 1.807) is 4.90 Å². The molecule has 2 aromatic rings. The van der Waals surface area contributed by atoms with Gasteiger partial charge in [0.1, 0.15) is 5.75 Å². The summed E-state index contributed by atoms with van der Waals surface area (Å²) in [5, 5.41) is 3.04. The number of carbonyl (C=O) groups excluding carboxylic acids is 2. The van der Waals surface area contributed by atoms with Gasteiger partial charge < -0.3 is 19.9 Å². The van der Waals surface area contributed by atoms with Crippen molar-refractivity contribution in [1.82, 2.24) is 10.2 Å². The molecule has 0 bridgehead atoms. The maximum Gasteiger partial charge on any atom is 0.227 e. The number of likely N-dealkylation sites (N-methyl/N-ethyl adjacent to an activating group) is 1. The highest BCUT2D eigenvalue weighted by atomic mass is 16.5. The van der Waals surface area contributed by atoms with E-state index in [0.29, 0.717) is 19.7 Å². The van der Waals surface area contributed by atoms with Gasteiger partial charge in [-0.25, -0.2) is 0 Å². The van der Waals surface area contributed by atoms with Crippen molar-refractivity contribution in [2.45, 2.75) is 19.4 Å². The highest BCUT2D eigenvalue weighted by Gasteiger charge is 2.35. The van der Waals surface area contributed by atoms with E-state index < -0.39 is 0 Å². The summed E-state index contributed by atoms with van der Waals surface area (Å²) in [4.78, 5) is 29.0. The summed E-state index contributed by atoms with van der Waals surface area (Å²) >= 11 is 0. The molecule has 1 fully saturated rings.